The SMILES string of the molecule is [C-]#[N+]C(=C(C#N)C#N)c1ccc(N(c2ccccc2)c2ccccc2)cc1. The summed E-state index contributed by atoms with van der Waals surface area (Å²) in [7, 11) is 0. The van der Waals surface area contributed by atoms with Crippen LogP contribution in [0.2, 0.25) is 0 Å². The van der Waals surface area contributed by atoms with Gasteiger partial charge >= 0.3 is 0 Å². The summed E-state index contributed by atoms with van der Waals surface area (Å²) in [6.07, 6.45) is 0. The molecule has 0 aliphatic carbocycles. The number of nitriles is 2. The number of rotatable bonds is 4. The molecule has 0 N–H and O–H groups in total. The fraction of sp³-hybridized carbons (Fsp3) is 0. The van der Waals surface area contributed by atoms with Gasteiger partial charge in [0.25, 0.3) is 0 Å². The Morgan fingerprint density at radius 2 is 1.15 bits per heavy atom. The number of benzene rings is 3. The molecular formula is C23H14N4. The first kappa shape index (κ1) is 17.5. The van der Waals surface area contributed by atoms with E-state index in [1.54, 1.807) is 24.3 Å². The lowest BCUT2D eigenvalue weighted by Crippen LogP contribution is -2.09. The predicted octanol–water partition coefficient (Wildman–Crippen LogP) is 5.83. The van der Waals surface area contributed by atoms with Gasteiger partial charge in [-0.05, 0) is 42.0 Å². The quantitative estimate of drug-likeness (QED) is 0.441. The van der Waals surface area contributed by atoms with Crippen LogP contribution in [0.25, 0.3) is 10.5 Å². The Labute approximate surface area is 158 Å². The second kappa shape index (κ2) is 8.17. The zero-order valence-corrected chi connectivity index (χ0v) is 14.4. The monoisotopic (exact) mass is 346 g/mol. The van der Waals surface area contributed by atoms with Crippen molar-refractivity contribution in [3.05, 3.63) is 107 Å². The van der Waals surface area contributed by atoms with Crippen LogP contribution in [0, 0.1) is 29.2 Å². The Balaban J connectivity index is 2.08. The fourth-order valence-electron chi connectivity index (χ4n) is 2.77. The Morgan fingerprint density at radius 1 is 0.704 bits per heavy atom. The molecule has 0 aliphatic heterocycles. The van der Waals surface area contributed by atoms with Crippen molar-refractivity contribution in [2.75, 3.05) is 4.90 Å². The van der Waals surface area contributed by atoms with Crippen LogP contribution in [0.4, 0.5) is 17.1 Å². The number of nitrogens with zero attached hydrogens (tertiary/aromatic N) is 4. The van der Waals surface area contributed by atoms with Gasteiger partial charge in [0.05, 0.1) is 18.7 Å². The minimum Gasteiger partial charge on any atom is -0.311 e. The summed E-state index contributed by atoms with van der Waals surface area (Å²) in [5, 5.41) is 18.1. The highest BCUT2D eigenvalue weighted by molar-refractivity contribution is 5.82. The molecule has 0 fully saturated rings. The third-order valence-corrected chi connectivity index (χ3v) is 4.00. The normalized spacial score (nSPS) is 9.37. The van der Waals surface area contributed by atoms with Gasteiger partial charge in [0, 0.05) is 17.1 Å². The Hall–Kier alpha value is -4.33. The van der Waals surface area contributed by atoms with Crippen molar-refractivity contribution in [1.82, 2.24) is 0 Å². The van der Waals surface area contributed by atoms with Crippen LogP contribution >= 0.6 is 0 Å². The molecule has 0 bridgehead atoms. The van der Waals surface area contributed by atoms with E-state index in [2.05, 4.69) is 9.74 Å². The number of allylic oxidation sites excluding steroid dienone is 1. The molecule has 0 radical (unpaired) electrons. The van der Waals surface area contributed by atoms with Gasteiger partial charge in [-0.3, -0.25) is 0 Å². The van der Waals surface area contributed by atoms with Crippen LogP contribution in [0.1, 0.15) is 5.56 Å². The van der Waals surface area contributed by atoms with Gasteiger partial charge < -0.3 is 4.90 Å². The number of hydrogen-bond donors (Lipinski definition) is 0. The third-order valence-electron chi connectivity index (χ3n) is 4.00. The van der Waals surface area contributed by atoms with Gasteiger partial charge in [-0.1, -0.05) is 48.5 Å². The smallest absolute Gasteiger partial charge is 0.222 e. The highest BCUT2D eigenvalue weighted by Gasteiger charge is 2.14. The average Bonchev–Trinajstić information content (AvgIpc) is 2.74. The van der Waals surface area contributed by atoms with E-state index in [1.165, 1.54) is 0 Å². The van der Waals surface area contributed by atoms with Crippen molar-refractivity contribution in [3.63, 3.8) is 0 Å². The first-order valence-electron chi connectivity index (χ1n) is 8.21. The van der Waals surface area contributed by atoms with E-state index < -0.39 is 0 Å². The zero-order chi connectivity index (χ0) is 19.1. The summed E-state index contributed by atoms with van der Waals surface area (Å²) in [6.45, 7) is 7.30. The van der Waals surface area contributed by atoms with E-state index in [4.69, 9.17) is 17.1 Å². The van der Waals surface area contributed by atoms with Crippen LogP contribution in [0.5, 0.6) is 0 Å². The van der Waals surface area contributed by atoms with Gasteiger partial charge in [0.15, 0.2) is 0 Å². The van der Waals surface area contributed by atoms with E-state index in [9.17, 15) is 0 Å². The molecule has 126 valence electrons. The molecule has 0 aromatic heterocycles. The summed E-state index contributed by atoms with van der Waals surface area (Å²) < 4.78 is 0. The zero-order valence-electron chi connectivity index (χ0n) is 14.4. The lowest BCUT2D eigenvalue weighted by atomic mass is 10.1. The molecular weight excluding hydrogens is 332 g/mol. The number of anilines is 3. The van der Waals surface area contributed by atoms with E-state index in [0.29, 0.717) is 5.56 Å². The molecule has 0 atom stereocenters. The molecule has 0 aliphatic rings. The predicted molar refractivity (Wildman–Crippen MR) is 106 cm³/mol. The van der Waals surface area contributed by atoms with Crippen LogP contribution < -0.4 is 4.90 Å². The average molecular weight is 346 g/mol. The van der Waals surface area contributed by atoms with Crippen molar-refractivity contribution in [1.29, 1.82) is 10.5 Å². The minimum atomic E-state index is -0.180. The van der Waals surface area contributed by atoms with E-state index in [-0.39, 0.29) is 11.3 Å². The number of hydrogen-bond acceptors (Lipinski definition) is 3. The summed E-state index contributed by atoms with van der Waals surface area (Å²) in [6, 6.07) is 30.8. The molecule has 3 rings (SSSR count). The van der Waals surface area contributed by atoms with Gasteiger partial charge in [-0.15, -0.1) is 0 Å². The van der Waals surface area contributed by atoms with Crippen molar-refractivity contribution >= 4 is 22.8 Å². The fourth-order valence-corrected chi connectivity index (χ4v) is 2.77. The maximum atomic E-state index is 9.05. The molecule has 0 heterocycles. The number of para-hydroxylation sites is 2. The molecule has 3 aromatic carbocycles. The summed E-state index contributed by atoms with van der Waals surface area (Å²) >= 11 is 0. The summed E-state index contributed by atoms with van der Waals surface area (Å²) in [5.74, 6) is 0. The maximum absolute atomic E-state index is 9.05. The van der Waals surface area contributed by atoms with Gasteiger partial charge in [0.2, 0.25) is 5.70 Å². The van der Waals surface area contributed by atoms with Gasteiger partial charge in [0.1, 0.15) is 5.57 Å². The standard InChI is InChI=1S/C23H14N4/c1-26-23(19(16-24)17-25)18-12-14-22(15-13-18)27(20-8-4-2-5-9-20)21-10-6-3-7-11-21/h2-15H. The largest absolute Gasteiger partial charge is 0.311 e. The van der Waals surface area contributed by atoms with Crippen LogP contribution in [-0.2, 0) is 0 Å². The van der Waals surface area contributed by atoms with Crippen molar-refractivity contribution in [2.45, 2.75) is 0 Å². The van der Waals surface area contributed by atoms with Gasteiger partial charge in [-0.25, -0.2) is 4.85 Å². The Morgan fingerprint density at radius 3 is 1.56 bits per heavy atom. The second-order valence-corrected chi connectivity index (χ2v) is 5.61. The van der Waals surface area contributed by atoms with Crippen molar-refractivity contribution < 1.29 is 0 Å². The third kappa shape index (κ3) is 3.69. The van der Waals surface area contributed by atoms with E-state index >= 15 is 0 Å². The molecule has 0 saturated carbocycles. The lowest BCUT2D eigenvalue weighted by molar-refractivity contribution is 1.28. The van der Waals surface area contributed by atoms with Crippen molar-refractivity contribution in [2.24, 2.45) is 0 Å². The first-order chi connectivity index (χ1) is 13.3. The Kier molecular flexibility index (Phi) is 5.29. The molecule has 0 saturated heterocycles. The highest BCUT2D eigenvalue weighted by Crippen LogP contribution is 2.34. The van der Waals surface area contributed by atoms with Crippen LogP contribution in [0.3, 0.4) is 0 Å². The molecule has 4 nitrogen and oxygen atoms in total. The molecule has 4 heteroatoms. The first-order valence-corrected chi connectivity index (χ1v) is 8.21. The molecule has 27 heavy (non-hydrogen) atoms. The lowest BCUT2D eigenvalue weighted by Gasteiger charge is -2.25. The van der Waals surface area contributed by atoms with E-state index in [1.807, 2.05) is 72.8 Å². The Bertz CT molecular complexity index is 1020. The van der Waals surface area contributed by atoms with Gasteiger partial charge in [-0.2, -0.15) is 10.5 Å². The van der Waals surface area contributed by atoms with Crippen molar-refractivity contribution in [3.8, 4) is 12.1 Å². The molecule has 0 amide bonds. The van der Waals surface area contributed by atoms with E-state index in [0.717, 1.165) is 17.1 Å². The molecule has 0 unspecified atom stereocenters. The minimum absolute atomic E-state index is 0.0672. The summed E-state index contributed by atoms with van der Waals surface area (Å²) in [5.41, 5.74) is 3.36. The topological polar surface area (TPSA) is 55.2 Å². The highest BCUT2D eigenvalue weighted by atomic mass is 15.1. The van der Waals surface area contributed by atoms with Crippen LogP contribution in [0.15, 0.2) is 90.5 Å². The summed E-state index contributed by atoms with van der Waals surface area (Å²) in [4.78, 5) is 5.46. The maximum Gasteiger partial charge on any atom is 0.222 e. The van der Waals surface area contributed by atoms with Crippen LogP contribution in [-0.4, -0.2) is 0 Å². The molecule has 0 spiro atoms. The second-order valence-electron chi connectivity index (χ2n) is 5.61. The molecule has 3 aromatic rings.